The summed E-state index contributed by atoms with van der Waals surface area (Å²) in [7, 11) is -7.29. The van der Waals surface area contributed by atoms with Crippen LogP contribution in [0.4, 0.5) is 0 Å². The number of aromatic nitrogens is 3. The number of pyridine rings is 2. The van der Waals surface area contributed by atoms with E-state index in [2.05, 4.69) is 19.7 Å². The number of nitrogens with zero attached hydrogens (tertiary/aromatic N) is 3. The van der Waals surface area contributed by atoms with Crippen LogP contribution in [0.5, 0.6) is 0 Å². The van der Waals surface area contributed by atoms with Gasteiger partial charge in [-0.05, 0) is 36.2 Å². The molecule has 11 heteroatoms. The highest BCUT2D eigenvalue weighted by molar-refractivity contribution is 7.89. The van der Waals surface area contributed by atoms with Crippen LogP contribution in [0.2, 0.25) is 0 Å². The number of rotatable bonds is 6. The minimum atomic E-state index is -3.93. The van der Waals surface area contributed by atoms with Crippen molar-refractivity contribution in [3.8, 4) is 22.5 Å². The number of aromatic amines is 1. The van der Waals surface area contributed by atoms with Crippen LogP contribution in [0, 0.1) is 0 Å². The Hall–Kier alpha value is -3.12. The monoisotopic (exact) mass is 497 g/mol. The first kappa shape index (κ1) is 22.7. The fourth-order valence-corrected chi connectivity index (χ4v) is 6.18. The molecule has 4 aromatic rings. The first-order valence-corrected chi connectivity index (χ1v) is 14.0. The summed E-state index contributed by atoms with van der Waals surface area (Å²) in [6, 6.07) is 18.1. The highest BCUT2D eigenvalue weighted by Gasteiger charge is 2.32. The SMILES string of the molecule is CS(=O)(=O)N1CCC(NS(=O)(=O)c2cccc(-c3cnc4[nH]c(-c5ccccc5)cc4c3)n2)C1. The van der Waals surface area contributed by atoms with Gasteiger partial charge in [-0.2, -0.15) is 0 Å². The Bertz CT molecular complexity index is 1570. The van der Waals surface area contributed by atoms with Crippen molar-refractivity contribution in [2.45, 2.75) is 17.5 Å². The third-order valence-electron chi connectivity index (χ3n) is 5.79. The van der Waals surface area contributed by atoms with E-state index in [1.54, 1.807) is 18.3 Å². The molecule has 1 aromatic carbocycles. The summed E-state index contributed by atoms with van der Waals surface area (Å²) in [5, 5.41) is 0.762. The molecule has 0 saturated carbocycles. The molecule has 0 amide bonds. The number of H-pyrrole nitrogens is 1. The van der Waals surface area contributed by atoms with Crippen molar-refractivity contribution < 1.29 is 16.8 Å². The van der Waals surface area contributed by atoms with Gasteiger partial charge in [0.1, 0.15) is 5.65 Å². The van der Waals surface area contributed by atoms with E-state index in [1.807, 2.05) is 42.5 Å². The van der Waals surface area contributed by atoms with Gasteiger partial charge in [0.2, 0.25) is 10.0 Å². The van der Waals surface area contributed by atoms with Crippen LogP contribution in [0.1, 0.15) is 6.42 Å². The third-order valence-corrected chi connectivity index (χ3v) is 8.48. The van der Waals surface area contributed by atoms with Gasteiger partial charge in [0, 0.05) is 42.0 Å². The predicted octanol–water partition coefficient (Wildman–Crippen LogP) is 2.60. The zero-order valence-corrected chi connectivity index (χ0v) is 20.0. The van der Waals surface area contributed by atoms with Crippen molar-refractivity contribution in [1.29, 1.82) is 0 Å². The van der Waals surface area contributed by atoms with Crippen LogP contribution < -0.4 is 4.72 Å². The maximum atomic E-state index is 12.9. The standard InChI is InChI=1S/C23H23N5O4S2/c1-33(29,30)28-11-10-19(15-28)27-34(31,32)22-9-5-8-20(25-22)18-12-17-13-21(26-23(17)24-14-18)16-6-3-2-4-7-16/h2-9,12-14,19,27H,10-11,15H2,1H3,(H,24,26). The second-order valence-corrected chi connectivity index (χ2v) is 11.9. The fourth-order valence-electron chi connectivity index (χ4n) is 4.06. The smallest absolute Gasteiger partial charge is 0.258 e. The highest BCUT2D eigenvalue weighted by Crippen LogP contribution is 2.27. The van der Waals surface area contributed by atoms with E-state index >= 15 is 0 Å². The van der Waals surface area contributed by atoms with E-state index in [1.165, 1.54) is 10.4 Å². The van der Waals surface area contributed by atoms with E-state index < -0.39 is 26.1 Å². The van der Waals surface area contributed by atoms with Crippen molar-refractivity contribution >= 4 is 31.1 Å². The molecule has 2 N–H and O–H groups in total. The first-order valence-electron chi connectivity index (χ1n) is 10.7. The molecule has 0 spiro atoms. The Morgan fingerprint density at radius 2 is 1.79 bits per heavy atom. The van der Waals surface area contributed by atoms with Crippen molar-refractivity contribution in [3.05, 3.63) is 66.9 Å². The molecule has 0 aliphatic carbocycles. The normalized spacial score (nSPS) is 17.4. The Balaban J connectivity index is 1.40. The van der Waals surface area contributed by atoms with Crippen molar-refractivity contribution in [2.75, 3.05) is 19.3 Å². The first-order chi connectivity index (χ1) is 16.2. The highest BCUT2D eigenvalue weighted by atomic mass is 32.2. The van der Waals surface area contributed by atoms with Crippen molar-refractivity contribution in [1.82, 2.24) is 24.0 Å². The molecule has 34 heavy (non-hydrogen) atoms. The summed E-state index contributed by atoms with van der Waals surface area (Å²) in [5.74, 6) is 0. The fraction of sp³-hybridized carbons (Fsp3) is 0.217. The molecule has 0 radical (unpaired) electrons. The van der Waals surface area contributed by atoms with Gasteiger partial charge < -0.3 is 4.98 Å². The summed E-state index contributed by atoms with van der Waals surface area (Å²) >= 11 is 0. The summed E-state index contributed by atoms with van der Waals surface area (Å²) in [5.41, 5.74) is 3.87. The van der Waals surface area contributed by atoms with Gasteiger partial charge in [-0.1, -0.05) is 36.4 Å². The Morgan fingerprint density at radius 1 is 1.00 bits per heavy atom. The van der Waals surface area contributed by atoms with Gasteiger partial charge in [0.05, 0.1) is 11.9 Å². The lowest BCUT2D eigenvalue weighted by molar-refractivity contribution is 0.472. The predicted molar refractivity (Wildman–Crippen MR) is 130 cm³/mol. The molecular formula is C23H23N5O4S2. The number of hydrogen-bond donors (Lipinski definition) is 2. The number of fused-ring (bicyclic) bond motifs is 1. The maximum Gasteiger partial charge on any atom is 0.258 e. The molecule has 176 valence electrons. The lowest BCUT2D eigenvalue weighted by Crippen LogP contribution is -2.38. The van der Waals surface area contributed by atoms with Gasteiger partial charge in [0.25, 0.3) is 10.0 Å². The molecule has 9 nitrogen and oxygen atoms in total. The quantitative estimate of drug-likeness (QED) is 0.422. The van der Waals surface area contributed by atoms with Gasteiger partial charge in [0.15, 0.2) is 5.03 Å². The van der Waals surface area contributed by atoms with E-state index in [4.69, 9.17) is 0 Å². The summed E-state index contributed by atoms with van der Waals surface area (Å²) in [6.45, 7) is 0.391. The van der Waals surface area contributed by atoms with E-state index in [9.17, 15) is 16.8 Å². The minimum absolute atomic E-state index is 0.107. The Labute approximate surface area is 198 Å². The average Bonchev–Trinajstić information content (AvgIpc) is 3.46. The molecule has 3 aromatic heterocycles. The summed E-state index contributed by atoms with van der Waals surface area (Å²) in [6.07, 6.45) is 3.18. The maximum absolute atomic E-state index is 12.9. The minimum Gasteiger partial charge on any atom is -0.339 e. The largest absolute Gasteiger partial charge is 0.339 e. The van der Waals surface area contributed by atoms with Crippen molar-refractivity contribution in [3.63, 3.8) is 0 Å². The van der Waals surface area contributed by atoms with Gasteiger partial charge in [-0.3, -0.25) is 0 Å². The second kappa shape index (κ2) is 8.58. The number of hydrogen-bond acceptors (Lipinski definition) is 6. The Morgan fingerprint density at radius 3 is 2.53 bits per heavy atom. The zero-order valence-electron chi connectivity index (χ0n) is 18.3. The van der Waals surface area contributed by atoms with E-state index in [-0.39, 0.29) is 18.1 Å². The molecule has 1 aliphatic heterocycles. The van der Waals surface area contributed by atoms with Gasteiger partial charge in [-0.25, -0.2) is 35.8 Å². The zero-order chi connectivity index (χ0) is 23.9. The number of nitrogens with one attached hydrogen (secondary N) is 2. The summed E-state index contributed by atoms with van der Waals surface area (Å²) in [4.78, 5) is 12.1. The molecule has 5 rings (SSSR count). The molecule has 1 atom stereocenters. The molecule has 1 aliphatic rings. The van der Waals surface area contributed by atoms with Crippen LogP contribution in [-0.2, 0) is 20.0 Å². The number of sulfonamides is 2. The van der Waals surface area contributed by atoms with Crippen LogP contribution in [0.25, 0.3) is 33.5 Å². The van der Waals surface area contributed by atoms with Crippen LogP contribution >= 0.6 is 0 Å². The van der Waals surface area contributed by atoms with Gasteiger partial charge >= 0.3 is 0 Å². The lowest BCUT2D eigenvalue weighted by atomic mass is 10.1. The molecular weight excluding hydrogens is 474 g/mol. The topological polar surface area (TPSA) is 125 Å². The average molecular weight is 498 g/mol. The van der Waals surface area contributed by atoms with E-state index in [0.717, 1.165) is 28.5 Å². The van der Waals surface area contributed by atoms with E-state index in [0.29, 0.717) is 17.7 Å². The molecule has 0 bridgehead atoms. The Kier molecular flexibility index (Phi) is 5.72. The lowest BCUT2D eigenvalue weighted by Gasteiger charge is -2.15. The second-order valence-electron chi connectivity index (χ2n) is 8.30. The molecule has 4 heterocycles. The molecule has 1 unspecified atom stereocenters. The molecule has 1 fully saturated rings. The summed E-state index contributed by atoms with van der Waals surface area (Å²) < 4.78 is 53.2. The molecule has 1 saturated heterocycles. The number of benzene rings is 1. The van der Waals surface area contributed by atoms with Crippen LogP contribution in [0.3, 0.4) is 0 Å². The van der Waals surface area contributed by atoms with Gasteiger partial charge in [-0.15, -0.1) is 0 Å². The van der Waals surface area contributed by atoms with Crippen molar-refractivity contribution in [2.24, 2.45) is 0 Å². The van der Waals surface area contributed by atoms with Crippen LogP contribution in [-0.4, -0.2) is 61.5 Å². The van der Waals surface area contributed by atoms with Crippen LogP contribution in [0.15, 0.2) is 71.9 Å². The third kappa shape index (κ3) is 4.60.